The zero-order valence-electron chi connectivity index (χ0n) is 17.4. The lowest BCUT2D eigenvalue weighted by Gasteiger charge is -2.33. The molecule has 3 rings (SSSR count). The molecule has 0 aromatic heterocycles. The highest BCUT2D eigenvalue weighted by Gasteiger charge is 2.34. The number of likely N-dealkylation sites (N-methyl/N-ethyl adjacent to an activating group) is 1. The molecule has 1 heterocycles. The van der Waals surface area contributed by atoms with Gasteiger partial charge in [0.05, 0.1) is 10.5 Å². The summed E-state index contributed by atoms with van der Waals surface area (Å²) in [7, 11) is -3.73. The molecule has 0 radical (unpaired) electrons. The summed E-state index contributed by atoms with van der Waals surface area (Å²) < 4.78 is 71.4. The third kappa shape index (κ3) is 5.78. The number of ether oxygens (including phenoxy) is 1. The first-order valence-corrected chi connectivity index (χ1v) is 11.5. The lowest BCUT2D eigenvalue weighted by molar-refractivity contribution is -0.139. The van der Waals surface area contributed by atoms with Crippen molar-refractivity contribution in [2.45, 2.75) is 18.0 Å². The summed E-state index contributed by atoms with van der Waals surface area (Å²) in [5, 5.41) is 2.47. The zero-order chi connectivity index (χ0) is 23.4. The predicted octanol–water partition coefficient (Wildman–Crippen LogP) is 3.05. The number of hydrogen-bond acceptors (Lipinski definition) is 5. The summed E-state index contributed by atoms with van der Waals surface area (Å²) in [5.41, 5.74) is -0.778. The summed E-state index contributed by atoms with van der Waals surface area (Å²) in [5.74, 6) is -1.18. The van der Waals surface area contributed by atoms with Crippen LogP contribution in [0.1, 0.15) is 12.5 Å². The number of anilines is 1. The average Bonchev–Trinajstić information content (AvgIpc) is 2.77. The van der Waals surface area contributed by atoms with Crippen molar-refractivity contribution in [3.63, 3.8) is 0 Å². The Hall–Kier alpha value is -2.63. The Balaban J connectivity index is 1.64. The molecule has 174 valence electrons. The second-order valence-corrected chi connectivity index (χ2v) is 9.13. The van der Waals surface area contributed by atoms with Crippen LogP contribution < -0.4 is 10.1 Å². The maximum Gasteiger partial charge on any atom is 0.419 e. The summed E-state index contributed by atoms with van der Waals surface area (Å²) in [6.45, 7) is 4.24. The van der Waals surface area contributed by atoms with Crippen molar-refractivity contribution in [1.82, 2.24) is 9.21 Å². The molecule has 1 aliphatic heterocycles. The van der Waals surface area contributed by atoms with E-state index in [4.69, 9.17) is 4.74 Å². The highest BCUT2D eigenvalue weighted by molar-refractivity contribution is 7.89. The van der Waals surface area contributed by atoms with Crippen molar-refractivity contribution in [2.24, 2.45) is 0 Å². The number of carbonyl (C=O) groups is 1. The molecule has 11 heteroatoms. The predicted molar refractivity (Wildman–Crippen MR) is 113 cm³/mol. The number of amides is 1. The van der Waals surface area contributed by atoms with Crippen molar-refractivity contribution >= 4 is 21.6 Å². The van der Waals surface area contributed by atoms with E-state index in [1.807, 2.05) is 6.92 Å². The molecule has 7 nitrogen and oxygen atoms in total. The van der Waals surface area contributed by atoms with Crippen molar-refractivity contribution in [3.05, 3.63) is 54.1 Å². The first-order valence-electron chi connectivity index (χ1n) is 10.0. The Bertz CT molecular complexity index is 1050. The van der Waals surface area contributed by atoms with Crippen LogP contribution >= 0.6 is 0 Å². The Labute approximate surface area is 184 Å². The van der Waals surface area contributed by atoms with Crippen LogP contribution in [0.15, 0.2) is 53.4 Å². The fourth-order valence-electron chi connectivity index (χ4n) is 3.34. The van der Waals surface area contributed by atoms with E-state index in [-0.39, 0.29) is 10.6 Å². The number of hydrogen-bond donors (Lipinski definition) is 1. The van der Waals surface area contributed by atoms with Gasteiger partial charge in [-0.3, -0.25) is 4.79 Å². The summed E-state index contributed by atoms with van der Waals surface area (Å²) in [6.07, 6.45) is -4.61. The largest absolute Gasteiger partial charge is 0.483 e. The lowest BCUT2D eigenvalue weighted by Crippen LogP contribution is -2.48. The van der Waals surface area contributed by atoms with Crippen LogP contribution in [0.5, 0.6) is 5.75 Å². The van der Waals surface area contributed by atoms with Gasteiger partial charge in [0.2, 0.25) is 10.0 Å². The number of nitrogens with one attached hydrogen (secondary N) is 1. The second-order valence-electron chi connectivity index (χ2n) is 7.20. The smallest absolute Gasteiger partial charge is 0.419 e. The van der Waals surface area contributed by atoms with Gasteiger partial charge in [0.15, 0.2) is 6.61 Å². The highest BCUT2D eigenvalue weighted by atomic mass is 32.2. The van der Waals surface area contributed by atoms with Crippen LogP contribution in [0.3, 0.4) is 0 Å². The number of alkyl halides is 3. The number of para-hydroxylation sites is 1. The van der Waals surface area contributed by atoms with Gasteiger partial charge in [-0.1, -0.05) is 25.1 Å². The summed E-state index contributed by atoms with van der Waals surface area (Å²) in [6, 6.07) is 10.3. The van der Waals surface area contributed by atoms with Gasteiger partial charge in [0.1, 0.15) is 5.75 Å². The van der Waals surface area contributed by atoms with E-state index in [1.54, 1.807) is 0 Å². The Kier molecular flexibility index (Phi) is 7.42. The van der Waals surface area contributed by atoms with Crippen LogP contribution in [0.2, 0.25) is 0 Å². The van der Waals surface area contributed by atoms with Crippen molar-refractivity contribution in [1.29, 1.82) is 0 Å². The van der Waals surface area contributed by atoms with Crippen LogP contribution in [0.25, 0.3) is 0 Å². The van der Waals surface area contributed by atoms with Gasteiger partial charge in [-0.15, -0.1) is 0 Å². The highest BCUT2D eigenvalue weighted by Crippen LogP contribution is 2.35. The van der Waals surface area contributed by atoms with E-state index in [0.717, 1.165) is 18.7 Å². The molecule has 0 bridgehead atoms. The van der Waals surface area contributed by atoms with Gasteiger partial charge < -0.3 is 15.0 Å². The molecule has 32 heavy (non-hydrogen) atoms. The molecular formula is C21H24F3N3O4S. The maximum atomic E-state index is 13.0. The van der Waals surface area contributed by atoms with Crippen LogP contribution in [0.4, 0.5) is 18.9 Å². The Morgan fingerprint density at radius 3 is 2.41 bits per heavy atom. The van der Waals surface area contributed by atoms with E-state index in [1.165, 1.54) is 40.7 Å². The molecular weight excluding hydrogens is 447 g/mol. The number of benzene rings is 2. The number of carbonyl (C=O) groups excluding carboxylic acids is 1. The number of nitrogens with zero attached hydrogens (tertiary/aromatic N) is 2. The molecule has 0 unspecified atom stereocenters. The van der Waals surface area contributed by atoms with Gasteiger partial charge >= 0.3 is 6.18 Å². The molecule has 1 N–H and O–H groups in total. The molecule has 1 aliphatic rings. The quantitative estimate of drug-likeness (QED) is 0.672. The van der Waals surface area contributed by atoms with Gasteiger partial charge in [0, 0.05) is 31.9 Å². The molecule has 1 amide bonds. The minimum atomic E-state index is -4.61. The molecule has 0 spiro atoms. The molecule has 1 saturated heterocycles. The maximum absolute atomic E-state index is 13.0. The minimum Gasteiger partial charge on any atom is -0.483 e. The third-order valence-electron chi connectivity index (χ3n) is 5.09. The van der Waals surface area contributed by atoms with E-state index < -0.39 is 40.0 Å². The van der Waals surface area contributed by atoms with E-state index in [9.17, 15) is 26.4 Å². The zero-order valence-corrected chi connectivity index (χ0v) is 18.2. The van der Waals surface area contributed by atoms with Gasteiger partial charge in [-0.2, -0.15) is 17.5 Å². The Morgan fingerprint density at radius 1 is 1.06 bits per heavy atom. The fraction of sp³-hybridized carbons (Fsp3) is 0.381. The van der Waals surface area contributed by atoms with E-state index in [0.29, 0.717) is 26.2 Å². The fourth-order valence-corrected chi connectivity index (χ4v) is 4.81. The van der Waals surface area contributed by atoms with Crippen LogP contribution in [-0.2, 0) is 21.0 Å². The first-order chi connectivity index (χ1) is 15.1. The third-order valence-corrected chi connectivity index (χ3v) is 6.98. The summed E-state index contributed by atoms with van der Waals surface area (Å²) >= 11 is 0. The van der Waals surface area contributed by atoms with Gasteiger partial charge in [-0.25, -0.2) is 8.42 Å². The van der Waals surface area contributed by atoms with Crippen LogP contribution in [0, 0.1) is 0 Å². The molecule has 1 fully saturated rings. The SMILES string of the molecule is CCN1CCN(S(=O)(=O)c2cccc(NC(=O)COc3ccccc3C(F)(F)F)c2)CC1. The van der Waals surface area contributed by atoms with Crippen molar-refractivity contribution in [3.8, 4) is 5.75 Å². The van der Waals surface area contributed by atoms with Gasteiger partial charge in [-0.05, 0) is 36.9 Å². The van der Waals surface area contributed by atoms with E-state index in [2.05, 4.69) is 10.2 Å². The normalized spacial score (nSPS) is 16.0. The van der Waals surface area contributed by atoms with Gasteiger partial charge in [0.25, 0.3) is 5.91 Å². The molecule has 0 atom stereocenters. The van der Waals surface area contributed by atoms with Crippen LogP contribution in [-0.4, -0.2) is 62.9 Å². The minimum absolute atomic E-state index is 0.0311. The summed E-state index contributed by atoms with van der Waals surface area (Å²) in [4.78, 5) is 14.4. The second kappa shape index (κ2) is 9.88. The number of piperazine rings is 1. The number of sulfonamides is 1. The first kappa shape index (κ1) is 24.0. The topological polar surface area (TPSA) is 79.0 Å². The number of rotatable bonds is 7. The monoisotopic (exact) mass is 471 g/mol. The Morgan fingerprint density at radius 2 is 1.75 bits per heavy atom. The number of halogens is 3. The molecule has 0 aliphatic carbocycles. The van der Waals surface area contributed by atoms with E-state index >= 15 is 0 Å². The molecule has 2 aromatic rings. The lowest BCUT2D eigenvalue weighted by atomic mass is 10.2. The standard InChI is InChI=1S/C21H24F3N3O4S/c1-2-26-10-12-27(13-11-26)32(29,30)17-7-5-6-16(14-17)25-20(28)15-31-19-9-4-3-8-18(19)21(22,23)24/h3-9,14H,2,10-13,15H2,1H3,(H,25,28). The average molecular weight is 472 g/mol. The molecule has 2 aromatic carbocycles. The van der Waals surface area contributed by atoms with Crippen molar-refractivity contribution in [2.75, 3.05) is 44.6 Å². The van der Waals surface area contributed by atoms with Crippen molar-refractivity contribution < 1.29 is 31.1 Å². The molecule has 0 saturated carbocycles.